The predicted octanol–water partition coefficient (Wildman–Crippen LogP) is 2.71. The van der Waals surface area contributed by atoms with Gasteiger partial charge >= 0.3 is 5.69 Å². The van der Waals surface area contributed by atoms with Crippen LogP contribution in [0.15, 0.2) is 28.1 Å². The average Bonchev–Trinajstić information content (AvgIpc) is 2.59. The molecule has 0 spiro atoms. The molecular formula is C18H25N5O3. The molecule has 0 fully saturated rings. The molecule has 26 heavy (non-hydrogen) atoms. The van der Waals surface area contributed by atoms with E-state index in [0.717, 1.165) is 12.0 Å². The number of hydrogen-bond acceptors (Lipinski definition) is 7. The lowest BCUT2D eigenvalue weighted by atomic mass is 9.92. The maximum Gasteiger partial charge on any atom is 0.363 e. The number of rotatable bonds is 7. The SMILES string of the molecule is CCCOc1ccc(/C=N/Nc2nc(=O)[nH]nc2C(C)(C)C)cc1OC. The third-order valence-corrected chi connectivity index (χ3v) is 3.44. The van der Waals surface area contributed by atoms with Crippen LogP contribution in [0.5, 0.6) is 11.5 Å². The second-order valence-electron chi connectivity index (χ2n) is 6.72. The second-order valence-corrected chi connectivity index (χ2v) is 6.72. The monoisotopic (exact) mass is 359 g/mol. The Labute approximate surface area is 152 Å². The summed E-state index contributed by atoms with van der Waals surface area (Å²) in [7, 11) is 1.59. The Morgan fingerprint density at radius 2 is 2.08 bits per heavy atom. The van der Waals surface area contributed by atoms with Crippen LogP contribution >= 0.6 is 0 Å². The van der Waals surface area contributed by atoms with E-state index in [1.165, 1.54) is 0 Å². The molecule has 0 aliphatic rings. The minimum atomic E-state index is -0.533. The lowest BCUT2D eigenvalue weighted by molar-refractivity contribution is 0.294. The zero-order valence-corrected chi connectivity index (χ0v) is 15.8. The Morgan fingerprint density at radius 3 is 2.73 bits per heavy atom. The van der Waals surface area contributed by atoms with Crippen molar-refractivity contribution in [2.75, 3.05) is 19.1 Å². The van der Waals surface area contributed by atoms with Gasteiger partial charge in [0, 0.05) is 5.41 Å². The van der Waals surface area contributed by atoms with E-state index in [2.05, 4.69) is 25.7 Å². The minimum Gasteiger partial charge on any atom is -0.493 e. The molecule has 2 N–H and O–H groups in total. The summed E-state index contributed by atoms with van der Waals surface area (Å²) in [6, 6.07) is 5.53. The number of nitrogens with one attached hydrogen (secondary N) is 2. The Hall–Kier alpha value is -2.90. The molecule has 2 rings (SSSR count). The molecule has 8 nitrogen and oxygen atoms in total. The van der Waals surface area contributed by atoms with Crippen LogP contribution in [0.1, 0.15) is 45.4 Å². The van der Waals surface area contributed by atoms with Gasteiger partial charge < -0.3 is 9.47 Å². The van der Waals surface area contributed by atoms with E-state index in [9.17, 15) is 4.79 Å². The largest absolute Gasteiger partial charge is 0.493 e. The van der Waals surface area contributed by atoms with Gasteiger partial charge in [0.15, 0.2) is 17.3 Å². The van der Waals surface area contributed by atoms with Gasteiger partial charge in [0.05, 0.1) is 19.9 Å². The van der Waals surface area contributed by atoms with E-state index >= 15 is 0 Å². The molecule has 0 saturated carbocycles. The molecular weight excluding hydrogens is 334 g/mol. The van der Waals surface area contributed by atoms with Crippen LogP contribution in [0.2, 0.25) is 0 Å². The number of aromatic amines is 1. The first-order valence-corrected chi connectivity index (χ1v) is 8.42. The van der Waals surface area contributed by atoms with Crippen molar-refractivity contribution < 1.29 is 9.47 Å². The topological polar surface area (TPSA) is 101 Å². The number of hydrazone groups is 1. The second kappa shape index (κ2) is 8.46. The van der Waals surface area contributed by atoms with E-state index < -0.39 is 5.69 Å². The van der Waals surface area contributed by atoms with Crippen LogP contribution in [0.25, 0.3) is 0 Å². The summed E-state index contributed by atoms with van der Waals surface area (Å²) in [6.07, 6.45) is 2.53. The first-order chi connectivity index (χ1) is 12.3. The minimum absolute atomic E-state index is 0.295. The number of anilines is 1. The van der Waals surface area contributed by atoms with Crippen molar-refractivity contribution in [1.82, 2.24) is 15.2 Å². The zero-order chi connectivity index (χ0) is 19.2. The van der Waals surface area contributed by atoms with Gasteiger partial charge in [0.1, 0.15) is 5.69 Å². The van der Waals surface area contributed by atoms with Gasteiger partial charge in [-0.25, -0.2) is 9.89 Å². The molecule has 0 amide bonds. The summed E-state index contributed by atoms with van der Waals surface area (Å²) in [5.74, 6) is 1.65. The van der Waals surface area contributed by atoms with E-state index in [0.29, 0.717) is 29.6 Å². The van der Waals surface area contributed by atoms with Crippen LogP contribution < -0.4 is 20.6 Å². The van der Waals surface area contributed by atoms with Crippen molar-refractivity contribution in [2.45, 2.75) is 39.5 Å². The third-order valence-electron chi connectivity index (χ3n) is 3.44. The van der Waals surface area contributed by atoms with Crippen molar-refractivity contribution in [2.24, 2.45) is 5.10 Å². The zero-order valence-electron chi connectivity index (χ0n) is 15.8. The highest BCUT2D eigenvalue weighted by molar-refractivity contribution is 5.81. The first-order valence-electron chi connectivity index (χ1n) is 8.42. The van der Waals surface area contributed by atoms with E-state index in [4.69, 9.17) is 9.47 Å². The van der Waals surface area contributed by atoms with E-state index in [1.54, 1.807) is 13.3 Å². The normalized spacial score (nSPS) is 11.6. The van der Waals surface area contributed by atoms with Gasteiger partial charge in [-0.15, -0.1) is 0 Å². The van der Waals surface area contributed by atoms with Gasteiger partial charge in [-0.2, -0.15) is 15.2 Å². The molecule has 0 radical (unpaired) electrons. The van der Waals surface area contributed by atoms with Crippen LogP contribution in [0, 0.1) is 0 Å². The van der Waals surface area contributed by atoms with Crippen molar-refractivity contribution >= 4 is 12.0 Å². The fraction of sp³-hybridized carbons (Fsp3) is 0.444. The Morgan fingerprint density at radius 1 is 1.31 bits per heavy atom. The molecule has 0 atom stereocenters. The van der Waals surface area contributed by atoms with Gasteiger partial charge in [-0.05, 0) is 30.2 Å². The summed E-state index contributed by atoms with van der Waals surface area (Å²) in [4.78, 5) is 15.4. The highest BCUT2D eigenvalue weighted by Gasteiger charge is 2.21. The number of H-pyrrole nitrogens is 1. The van der Waals surface area contributed by atoms with Crippen molar-refractivity contribution in [3.63, 3.8) is 0 Å². The molecule has 0 aliphatic heterocycles. The first kappa shape index (κ1) is 19.4. The van der Waals surface area contributed by atoms with Gasteiger partial charge in [0.25, 0.3) is 0 Å². The molecule has 1 heterocycles. The highest BCUT2D eigenvalue weighted by Crippen LogP contribution is 2.28. The number of aromatic nitrogens is 3. The Kier molecular flexibility index (Phi) is 6.32. The Bertz CT molecular complexity index is 824. The Balaban J connectivity index is 2.19. The summed E-state index contributed by atoms with van der Waals surface area (Å²) >= 11 is 0. The molecule has 0 unspecified atom stereocenters. The molecule has 2 aromatic rings. The standard InChI is InChI=1S/C18H25N5O3/c1-6-9-26-13-8-7-12(10-14(13)25-5)11-19-22-16-15(18(2,3)4)21-23-17(24)20-16/h7-8,10-11H,6,9H2,1-5H3,(H2,20,22,23,24)/b19-11+. The maximum atomic E-state index is 11.5. The van der Waals surface area contributed by atoms with Gasteiger partial charge in [-0.1, -0.05) is 27.7 Å². The van der Waals surface area contributed by atoms with Crippen molar-refractivity contribution in [3.05, 3.63) is 39.9 Å². The lowest BCUT2D eigenvalue weighted by Gasteiger charge is -2.18. The molecule has 0 aliphatic carbocycles. The predicted molar refractivity (Wildman–Crippen MR) is 101 cm³/mol. The number of methoxy groups -OCH3 is 1. The maximum absolute atomic E-state index is 11.5. The summed E-state index contributed by atoms with van der Waals surface area (Å²) in [5.41, 5.74) is 3.41. The molecule has 0 bridgehead atoms. The van der Waals surface area contributed by atoms with Crippen LogP contribution in [0.4, 0.5) is 5.82 Å². The third kappa shape index (κ3) is 5.05. The average molecular weight is 359 g/mol. The van der Waals surface area contributed by atoms with Crippen molar-refractivity contribution in [1.29, 1.82) is 0 Å². The van der Waals surface area contributed by atoms with Crippen LogP contribution in [-0.4, -0.2) is 35.1 Å². The number of ether oxygens (including phenoxy) is 2. The van der Waals surface area contributed by atoms with Gasteiger partial charge in [0.2, 0.25) is 0 Å². The number of hydrogen-bond donors (Lipinski definition) is 2. The summed E-state index contributed by atoms with van der Waals surface area (Å²) in [5, 5.41) is 10.6. The number of benzene rings is 1. The van der Waals surface area contributed by atoms with Gasteiger partial charge in [-0.3, -0.25) is 5.43 Å². The highest BCUT2D eigenvalue weighted by atomic mass is 16.5. The summed E-state index contributed by atoms with van der Waals surface area (Å²) in [6.45, 7) is 8.60. The lowest BCUT2D eigenvalue weighted by Crippen LogP contribution is -2.24. The molecule has 140 valence electrons. The number of nitrogens with zero attached hydrogens (tertiary/aromatic N) is 3. The fourth-order valence-electron chi connectivity index (χ4n) is 2.20. The van der Waals surface area contributed by atoms with Crippen molar-refractivity contribution in [3.8, 4) is 11.5 Å². The smallest absolute Gasteiger partial charge is 0.363 e. The molecule has 1 aromatic heterocycles. The molecule has 0 saturated heterocycles. The van der Waals surface area contributed by atoms with Crippen LogP contribution in [-0.2, 0) is 5.41 Å². The van der Waals surface area contributed by atoms with Crippen LogP contribution in [0.3, 0.4) is 0 Å². The van der Waals surface area contributed by atoms with E-state index in [1.807, 2.05) is 45.9 Å². The molecule has 8 heteroatoms. The molecule has 1 aromatic carbocycles. The van der Waals surface area contributed by atoms with E-state index in [-0.39, 0.29) is 5.41 Å². The fourth-order valence-corrected chi connectivity index (χ4v) is 2.20. The summed E-state index contributed by atoms with van der Waals surface area (Å²) < 4.78 is 11.0. The quantitative estimate of drug-likeness (QED) is 0.582.